The maximum atomic E-state index is 11.9. The minimum absolute atomic E-state index is 0.0653. The smallest absolute Gasteiger partial charge is 0.228 e. The molecule has 19 heavy (non-hydrogen) atoms. The standard InChI is InChI=1S/C15H20N2O2/c1-17-9-5-8-13(11-17)16-15(19)10-14(18)12-6-3-2-4-7-12/h2-4,6-7,13H,5,8-11H2,1H3,(H,16,19). The number of carbonyl (C=O) groups excluding carboxylic acids is 2. The van der Waals surface area contributed by atoms with Crippen LogP contribution in [0.2, 0.25) is 0 Å². The molecule has 1 aromatic rings. The van der Waals surface area contributed by atoms with E-state index in [1.54, 1.807) is 24.3 Å². The molecule has 0 aliphatic carbocycles. The summed E-state index contributed by atoms with van der Waals surface area (Å²) in [6.07, 6.45) is 2.02. The highest BCUT2D eigenvalue weighted by atomic mass is 16.2. The van der Waals surface area contributed by atoms with E-state index in [2.05, 4.69) is 10.2 Å². The molecule has 0 radical (unpaired) electrons. The lowest BCUT2D eigenvalue weighted by Gasteiger charge is -2.30. The second kappa shape index (κ2) is 6.48. The molecule has 0 aromatic heterocycles. The lowest BCUT2D eigenvalue weighted by Crippen LogP contribution is -2.46. The molecule has 1 N–H and O–H groups in total. The van der Waals surface area contributed by atoms with Gasteiger partial charge >= 0.3 is 0 Å². The Morgan fingerprint density at radius 2 is 2.05 bits per heavy atom. The number of carbonyl (C=O) groups is 2. The van der Waals surface area contributed by atoms with Crippen LogP contribution >= 0.6 is 0 Å². The lowest BCUT2D eigenvalue weighted by atomic mass is 10.0. The Morgan fingerprint density at radius 1 is 1.32 bits per heavy atom. The second-order valence-electron chi connectivity index (χ2n) is 5.13. The van der Waals surface area contributed by atoms with Crippen LogP contribution in [0.1, 0.15) is 29.6 Å². The Hall–Kier alpha value is -1.68. The molecular weight excluding hydrogens is 240 g/mol. The maximum absolute atomic E-state index is 11.9. The number of nitrogens with zero attached hydrogens (tertiary/aromatic N) is 1. The van der Waals surface area contributed by atoms with Crippen molar-refractivity contribution in [2.45, 2.75) is 25.3 Å². The highest BCUT2D eigenvalue weighted by Crippen LogP contribution is 2.09. The van der Waals surface area contributed by atoms with Gasteiger partial charge in [-0.15, -0.1) is 0 Å². The predicted molar refractivity (Wildman–Crippen MR) is 74.1 cm³/mol. The van der Waals surface area contributed by atoms with Crippen LogP contribution in [0.5, 0.6) is 0 Å². The fourth-order valence-electron chi connectivity index (χ4n) is 2.43. The first kappa shape index (κ1) is 13.7. The van der Waals surface area contributed by atoms with Crippen LogP contribution in [-0.4, -0.2) is 42.8 Å². The number of benzene rings is 1. The summed E-state index contributed by atoms with van der Waals surface area (Å²) in [4.78, 5) is 25.9. The summed E-state index contributed by atoms with van der Waals surface area (Å²) >= 11 is 0. The minimum atomic E-state index is -0.172. The van der Waals surface area contributed by atoms with E-state index in [1.165, 1.54) is 0 Å². The summed E-state index contributed by atoms with van der Waals surface area (Å²) in [5.41, 5.74) is 0.596. The van der Waals surface area contributed by atoms with Crippen molar-refractivity contribution in [3.05, 3.63) is 35.9 Å². The summed E-state index contributed by atoms with van der Waals surface area (Å²) in [6, 6.07) is 9.13. The van der Waals surface area contributed by atoms with E-state index in [0.717, 1.165) is 25.9 Å². The normalized spacial score (nSPS) is 19.9. The monoisotopic (exact) mass is 260 g/mol. The van der Waals surface area contributed by atoms with Crippen LogP contribution in [0.4, 0.5) is 0 Å². The van der Waals surface area contributed by atoms with Crippen molar-refractivity contribution in [1.82, 2.24) is 10.2 Å². The van der Waals surface area contributed by atoms with Crippen molar-refractivity contribution < 1.29 is 9.59 Å². The number of likely N-dealkylation sites (tertiary alicyclic amines) is 1. The average molecular weight is 260 g/mol. The van der Waals surface area contributed by atoms with Gasteiger partial charge in [0, 0.05) is 18.2 Å². The Morgan fingerprint density at radius 3 is 2.74 bits per heavy atom. The minimum Gasteiger partial charge on any atom is -0.352 e. The third kappa shape index (κ3) is 4.17. The molecule has 102 valence electrons. The summed E-state index contributed by atoms with van der Waals surface area (Å²) < 4.78 is 0. The molecule has 1 atom stereocenters. The van der Waals surface area contributed by atoms with Gasteiger partial charge in [0.05, 0.1) is 6.42 Å². The van der Waals surface area contributed by atoms with E-state index in [4.69, 9.17) is 0 Å². The number of likely N-dealkylation sites (N-methyl/N-ethyl adjacent to an activating group) is 1. The molecule has 1 unspecified atom stereocenters. The van der Waals surface area contributed by atoms with Gasteiger partial charge in [0.25, 0.3) is 0 Å². The van der Waals surface area contributed by atoms with Gasteiger partial charge in [-0.1, -0.05) is 30.3 Å². The largest absolute Gasteiger partial charge is 0.352 e. The molecule has 1 aromatic carbocycles. The number of hydrogen-bond acceptors (Lipinski definition) is 3. The van der Waals surface area contributed by atoms with E-state index < -0.39 is 0 Å². The van der Waals surface area contributed by atoms with Gasteiger partial charge in [0.1, 0.15) is 0 Å². The highest BCUT2D eigenvalue weighted by Gasteiger charge is 2.20. The summed E-state index contributed by atoms with van der Waals surface area (Å²) in [5.74, 6) is -0.295. The lowest BCUT2D eigenvalue weighted by molar-refractivity contribution is -0.121. The van der Waals surface area contributed by atoms with Crippen LogP contribution in [0.25, 0.3) is 0 Å². The van der Waals surface area contributed by atoms with Crippen molar-refractivity contribution in [3.63, 3.8) is 0 Å². The number of Topliss-reactive ketones (excluding diaryl/α,β-unsaturated/α-hetero) is 1. The highest BCUT2D eigenvalue weighted by molar-refractivity contribution is 6.07. The van der Waals surface area contributed by atoms with Crippen LogP contribution in [0.3, 0.4) is 0 Å². The second-order valence-corrected chi connectivity index (χ2v) is 5.13. The van der Waals surface area contributed by atoms with Gasteiger partial charge in [-0.25, -0.2) is 0 Å². The first-order valence-corrected chi connectivity index (χ1v) is 6.71. The van der Waals surface area contributed by atoms with E-state index in [1.807, 2.05) is 13.1 Å². The molecule has 1 heterocycles. The van der Waals surface area contributed by atoms with Crippen molar-refractivity contribution in [2.75, 3.05) is 20.1 Å². The van der Waals surface area contributed by atoms with Crippen LogP contribution in [-0.2, 0) is 4.79 Å². The van der Waals surface area contributed by atoms with E-state index in [-0.39, 0.29) is 24.2 Å². The molecule has 4 nitrogen and oxygen atoms in total. The number of rotatable bonds is 4. The van der Waals surface area contributed by atoms with Crippen molar-refractivity contribution in [2.24, 2.45) is 0 Å². The molecule has 4 heteroatoms. The molecule has 1 aliphatic heterocycles. The van der Waals surface area contributed by atoms with Crippen LogP contribution in [0, 0.1) is 0 Å². The number of ketones is 1. The fraction of sp³-hybridized carbons (Fsp3) is 0.467. The molecule has 2 rings (SSSR count). The van der Waals surface area contributed by atoms with Gasteiger partial charge in [-0.3, -0.25) is 9.59 Å². The number of piperidine rings is 1. The van der Waals surface area contributed by atoms with Gasteiger partial charge in [-0.05, 0) is 26.4 Å². The number of nitrogens with one attached hydrogen (secondary N) is 1. The van der Waals surface area contributed by atoms with Crippen LogP contribution < -0.4 is 5.32 Å². The first-order valence-electron chi connectivity index (χ1n) is 6.71. The van der Waals surface area contributed by atoms with Crippen molar-refractivity contribution in [3.8, 4) is 0 Å². The van der Waals surface area contributed by atoms with Gasteiger partial charge in [0.15, 0.2) is 5.78 Å². The molecule has 0 bridgehead atoms. The van der Waals surface area contributed by atoms with Gasteiger partial charge in [0.2, 0.25) is 5.91 Å². The van der Waals surface area contributed by atoms with Gasteiger partial charge in [-0.2, -0.15) is 0 Å². The Kier molecular flexibility index (Phi) is 4.68. The first-order chi connectivity index (χ1) is 9.15. The third-order valence-corrected chi connectivity index (χ3v) is 3.41. The topological polar surface area (TPSA) is 49.4 Å². The van der Waals surface area contributed by atoms with E-state index in [9.17, 15) is 9.59 Å². The van der Waals surface area contributed by atoms with E-state index in [0.29, 0.717) is 5.56 Å². The molecule has 0 spiro atoms. The number of hydrogen-bond donors (Lipinski definition) is 1. The summed E-state index contributed by atoms with van der Waals surface area (Å²) in [5, 5.41) is 2.95. The Bertz CT molecular complexity index is 445. The molecular formula is C15H20N2O2. The average Bonchev–Trinajstić information content (AvgIpc) is 2.39. The zero-order chi connectivity index (χ0) is 13.7. The fourth-order valence-corrected chi connectivity index (χ4v) is 2.43. The van der Waals surface area contributed by atoms with Crippen LogP contribution in [0.15, 0.2) is 30.3 Å². The molecule has 0 saturated carbocycles. The third-order valence-electron chi connectivity index (χ3n) is 3.41. The Labute approximate surface area is 113 Å². The van der Waals surface area contributed by atoms with E-state index >= 15 is 0 Å². The molecule has 1 fully saturated rings. The molecule has 1 amide bonds. The van der Waals surface area contributed by atoms with Crippen molar-refractivity contribution in [1.29, 1.82) is 0 Å². The molecule has 1 saturated heterocycles. The van der Waals surface area contributed by atoms with Crippen molar-refractivity contribution >= 4 is 11.7 Å². The number of amides is 1. The zero-order valence-corrected chi connectivity index (χ0v) is 11.3. The summed E-state index contributed by atoms with van der Waals surface area (Å²) in [7, 11) is 2.05. The van der Waals surface area contributed by atoms with Gasteiger partial charge < -0.3 is 10.2 Å². The zero-order valence-electron chi connectivity index (χ0n) is 11.3. The predicted octanol–water partition coefficient (Wildman–Crippen LogP) is 1.47. The quantitative estimate of drug-likeness (QED) is 0.659. The SMILES string of the molecule is CN1CCCC(NC(=O)CC(=O)c2ccccc2)C1. The Balaban J connectivity index is 1.82. The summed E-state index contributed by atoms with van der Waals surface area (Å²) in [6.45, 7) is 1.95. The maximum Gasteiger partial charge on any atom is 0.228 e. The molecule has 1 aliphatic rings.